The summed E-state index contributed by atoms with van der Waals surface area (Å²) in [4.78, 5) is 0. The van der Waals surface area contributed by atoms with Crippen LogP contribution in [-0.4, -0.2) is 6.26 Å². The van der Waals surface area contributed by atoms with Crippen molar-refractivity contribution in [2.75, 3.05) is 6.26 Å². The Morgan fingerprint density at radius 2 is 2.20 bits per heavy atom. The van der Waals surface area contributed by atoms with E-state index < -0.39 is 0 Å². The van der Waals surface area contributed by atoms with E-state index in [0.717, 1.165) is 0 Å². The molecule has 0 spiro atoms. The first-order valence-electron chi connectivity index (χ1n) is 3.25. The van der Waals surface area contributed by atoms with Gasteiger partial charge in [0.25, 0.3) is 0 Å². The summed E-state index contributed by atoms with van der Waals surface area (Å²) in [6, 6.07) is 4.20. The molecule has 0 atom stereocenters. The van der Waals surface area contributed by atoms with Crippen LogP contribution >= 0.6 is 11.8 Å². The number of hydrogen-bond donors (Lipinski definition) is 0. The summed E-state index contributed by atoms with van der Waals surface area (Å²) in [5.74, 6) is 0. The van der Waals surface area contributed by atoms with Crippen LogP contribution in [0.25, 0.3) is 0 Å². The Kier molecular flexibility index (Phi) is 2.33. The number of aromatic nitrogens is 1. The maximum absolute atomic E-state index is 2.14. The van der Waals surface area contributed by atoms with Gasteiger partial charge in [0.05, 0.1) is 0 Å². The molecular formula is C8H12NS+. The van der Waals surface area contributed by atoms with Crippen molar-refractivity contribution in [1.29, 1.82) is 0 Å². The Labute approximate surface area is 66.1 Å². The summed E-state index contributed by atoms with van der Waals surface area (Å²) >= 11 is 1.78. The van der Waals surface area contributed by atoms with Gasteiger partial charge in [-0.2, -0.15) is 4.57 Å². The molecule has 1 aromatic rings. The topological polar surface area (TPSA) is 3.88 Å². The van der Waals surface area contributed by atoms with Gasteiger partial charge in [-0.3, -0.25) is 0 Å². The Morgan fingerprint density at radius 3 is 2.60 bits per heavy atom. The third kappa shape index (κ3) is 1.32. The summed E-state index contributed by atoms with van der Waals surface area (Å²) < 4.78 is 2.14. The van der Waals surface area contributed by atoms with Gasteiger partial charge >= 0.3 is 0 Å². The molecule has 0 N–H and O–H groups in total. The summed E-state index contributed by atoms with van der Waals surface area (Å²) in [6.07, 6.45) is 4.17. The first kappa shape index (κ1) is 7.61. The summed E-state index contributed by atoms with van der Waals surface area (Å²) in [5, 5.41) is 1.34. The molecule has 0 aliphatic carbocycles. The molecule has 10 heavy (non-hydrogen) atoms. The number of thioether (sulfide) groups is 1. The van der Waals surface area contributed by atoms with Crippen molar-refractivity contribution < 1.29 is 4.57 Å². The molecule has 0 aliphatic rings. The average Bonchev–Trinajstić information content (AvgIpc) is 1.88. The molecule has 1 rings (SSSR count). The largest absolute Gasteiger partial charge is 0.242 e. The number of pyridine rings is 1. The van der Waals surface area contributed by atoms with Crippen LogP contribution < -0.4 is 4.57 Å². The predicted octanol–water partition coefficient (Wildman–Crippen LogP) is 1.54. The summed E-state index contributed by atoms with van der Waals surface area (Å²) in [7, 11) is 2.07. The van der Waals surface area contributed by atoms with Crippen molar-refractivity contribution in [2.45, 2.75) is 11.9 Å². The maximum Gasteiger partial charge on any atom is 0.242 e. The van der Waals surface area contributed by atoms with E-state index >= 15 is 0 Å². The lowest BCUT2D eigenvalue weighted by atomic mass is 10.3. The molecule has 0 amide bonds. The fourth-order valence-corrected chi connectivity index (χ4v) is 1.78. The zero-order chi connectivity index (χ0) is 7.56. The molecule has 0 saturated heterocycles. The van der Waals surface area contributed by atoms with E-state index in [1.54, 1.807) is 11.8 Å². The van der Waals surface area contributed by atoms with Crippen LogP contribution in [0, 0.1) is 6.92 Å². The normalized spacial score (nSPS) is 9.90. The van der Waals surface area contributed by atoms with Crippen molar-refractivity contribution in [2.24, 2.45) is 7.05 Å². The predicted molar refractivity (Wildman–Crippen MR) is 44.1 cm³/mol. The van der Waals surface area contributed by atoms with Crippen LogP contribution in [0.15, 0.2) is 23.4 Å². The molecule has 0 aliphatic heterocycles. The van der Waals surface area contributed by atoms with Gasteiger partial charge in [0.2, 0.25) is 5.03 Å². The second-order valence-electron chi connectivity index (χ2n) is 2.31. The standard InChI is InChI=1S/C8H12NS/c1-7-5-4-6-9(2)8(7)10-3/h4-6H,1-3H3/q+1. The Morgan fingerprint density at radius 1 is 1.50 bits per heavy atom. The monoisotopic (exact) mass is 154 g/mol. The van der Waals surface area contributed by atoms with Gasteiger partial charge in [0.1, 0.15) is 7.05 Å². The van der Waals surface area contributed by atoms with Crippen molar-refractivity contribution in [3.8, 4) is 0 Å². The highest BCUT2D eigenvalue weighted by Gasteiger charge is 2.05. The quantitative estimate of drug-likeness (QED) is 0.438. The van der Waals surface area contributed by atoms with Crippen LogP contribution in [-0.2, 0) is 7.05 Å². The van der Waals surface area contributed by atoms with E-state index in [4.69, 9.17) is 0 Å². The Bertz CT molecular complexity index is 212. The lowest BCUT2D eigenvalue weighted by molar-refractivity contribution is -0.709. The Hall–Kier alpha value is -0.500. The number of rotatable bonds is 1. The van der Waals surface area contributed by atoms with Gasteiger partial charge in [-0.1, -0.05) is 11.8 Å². The zero-order valence-electron chi connectivity index (χ0n) is 6.59. The van der Waals surface area contributed by atoms with Crippen LogP contribution in [0.5, 0.6) is 0 Å². The van der Waals surface area contributed by atoms with Crippen molar-refractivity contribution in [1.82, 2.24) is 0 Å². The van der Waals surface area contributed by atoms with Gasteiger partial charge in [0.15, 0.2) is 6.20 Å². The zero-order valence-corrected chi connectivity index (χ0v) is 7.40. The van der Waals surface area contributed by atoms with Crippen LogP contribution in [0.4, 0.5) is 0 Å². The molecule has 0 fully saturated rings. The third-order valence-corrected chi connectivity index (χ3v) is 2.50. The molecule has 0 bridgehead atoms. The second-order valence-corrected chi connectivity index (χ2v) is 3.11. The first-order chi connectivity index (χ1) is 4.75. The molecule has 0 saturated carbocycles. The number of nitrogens with zero attached hydrogens (tertiary/aromatic N) is 1. The van der Waals surface area contributed by atoms with Crippen LogP contribution in [0.1, 0.15) is 5.56 Å². The smallest absolute Gasteiger partial charge is 0.196 e. The maximum atomic E-state index is 2.14. The van der Waals surface area contributed by atoms with E-state index in [1.807, 2.05) is 0 Å². The fourth-order valence-electron chi connectivity index (χ4n) is 1.04. The number of aryl methyl sites for hydroxylation is 2. The van der Waals surface area contributed by atoms with Gasteiger partial charge in [-0.25, -0.2) is 0 Å². The average molecular weight is 154 g/mol. The van der Waals surface area contributed by atoms with Gasteiger partial charge in [0, 0.05) is 11.6 Å². The summed E-state index contributed by atoms with van der Waals surface area (Å²) in [5.41, 5.74) is 1.34. The van der Waals surface area contributed by atoms with Crippen molar-refractivity contribution >= 4 is 11.8 Å². The Balaban J connectivity index is 3.17. The number of hydrogen-bond acceptors (Lipinski definition) is 1. The molecule has 1 aromatic heterocycles. The van der Waals surface area contributed by atoms with Crippen LogP contribution in [0.3, 0.4) is 0 Å². The first-order valence-corrected chi connectivity index (χ1v) is 4.47. The fraction of sp³-hybridized carbons (Fsp3) is 0.375. The molecule has 2 heteroatoms. The molecule has 0 aromatic carbocycles. The van der Waals surface area contributed by atoms with E-state index in [2.05, 4.69) is 43.1 Å². The van der Waals surface area contributed by atoms with E-state index in [1.165, 1.54) is 10.6 Å². The van der Waals surface area contributed by atoms with Crippen molar-refractivity contribution in [3.05, 3.63) is 23.9 Å². The van der Waals surface area contributed by atoms with Crippen molar-refractivity contribution in [3.63, 3.8) is 0 Å². The van der Waals surface area contributed by atoms with Gasteiger partial charge in [-0.15, -0.1) is 0 Å². The third-order valence-electron chi connectivity index (χ3n) is 1.51. The SMILES string of the molecule is CSc1c(C)ccc[n+]1C. The molecule has 54 valence electrons. The lowest BCUT2D eigenvalue weighted by Crippen LogP contribution is -2.30. The molecular weight excluding hydrogens is 142 g/mol. The molecule has 0 radical (unpaired) electrons. The highest BCUT2D eigenvalue weighted by Crippen LogP contribution is 2.12. The van der Waals surface area contributed by atoms with Gasteiger partial charge < -0.3 is 0 Å². The summed E-state index contributed by atoms with van der Waals surface area (Å²) in [6.45, 7) is 2.13. The highest BCUT2D eigenvalue weighted by atomic mass is 32.2. The van der Waals surface area contributed by atoms with Crippen LogP contribution in [0.2, 0.25) is 0 Å². The van der Waals surface area contributed by atoms with E-state index in [-0.39, 0.29) is 0 Å². The van der Waals surface area contributed by atoms with Gasteiger partial charge in [-0.05, 0) is 19.2 Å². The minimum atomic E-state index is 1.34. The second kappa shape index (κ2) is 3.06. The minimum absolute atomic E-state index is 1.34. The highest BCUT2D eigenvalue weighted by molar-refractivity contribution is 7.98. The lowest BCUT2D eigenvalue weighted by Gasteiger charge is -1.97. The van der Waals surface area contributed by atoms with E-state index in [0.29, 0.717) is 0 Å². The molecule has 1 heterocycles. The molecule has 0 unspecified atom stereocenters. The van der Waals surface area contributed by atoms with E-state index in [9.17, 15) is 0 Å². The minimum Gasteiger partial charge on any atom is -0.196 e. The molecule has 1 nitrogen and oxygen atoms in total.